The maximum atomic E-state index is 11.7. The molecule has 0 fully saturated rings. The van der Waals surface area contributed by atoms with Gasteiger partial charge in [-0.3, -0.25) is 14.7 Å². The lowest BCUT2D eigenvalue weighted by molar-refractivity contribution is -0.153. The van der Waals surface area contributed by atoms with Gasteiger partial charge in [-0.05, 0) is 46.7 Å². The fourth-order valence-electron chi connectivity index (χ4n) is 2.40. The van der Waals surface area contributed by atoms with E-state index in [1.54, 1.807) is 7.05 Å². The molecule has 0 amide bonds. The van der Waals surface area contributed by atoms with Crippen molar-refractivity contribution in [2.75, 3.05) is 27.2 Å². The highest BCUT2D eigenvalue weighted by atomic mass is 127. The van der Waals surface area contributed by atoms with Crippen LogP contribution in [-0.2, 0) is 16.1 Å². The lowest BCUT2D eigenvalue weighted by atomic mass is 10.1. The lowest BCUT2D eigenvalue weighted by Gasteiger charge is -2.25. The topological polar surface area (TPSA) is 66.0 Å². The molecular weight excluding hydrogens is 455 g/mol. The Hall–Kier alpha value is -1.35. The van der Waals surface area contributed by atoms with Gasteiger partial charge in [-0.25, -0.2) is 0 Å². The minimum Gasteiger partial charge on any atom is -0.459 e. The smallest absolute Gasteiger partial charge is 0.325 e. The Morgan fingerprint density at radius 1 is 1.22 bits per heavy atom. The Balaban J connectivity index is 0.00000676. The van der Waals surface area contributed by atoms with Crippen LogP contribution in [0.15, 0.2) is 35.3 Å². The minimum absolute atomic E-state index is 0. The van der Waals surface area contributed by atoms with Crippen molar-refractivity contribution in [2.24, 2.45) is 4.99 Å². The summed E-state index contributed by atoms with van der Waals surface area (Å²) in [5, 5.41) is 6.23. The van der Waals surface area contributed by atoms with Crippen LogP contribution < -0.4 is 10.6 Å². The van der Waals surface area contributed by atoms with Crippen molar-refractivity contribution in [3.8, 4) is 0 Å². The first-order valence-electron chi connectivity index (χ1n) is 9.12. The van der Waals surface area contributed by atoms with E-state index in [1.165, 1.54) is 5.56 Å². The van der Waals surface area contributed by atoms with Crippen LogP contribution in [0.1, 0.15) is 39.7 Å². The van der Waals surface area contributed by atoms with Gasteiger partial charge >= 0.3 is 5.97 Å². The number of rotatable bonds is 8. The predicted octanol–water partition coefficient (Wildman–Crippen LogP) is 3.02. The van der Waals surface area contributed by atoms with E-state index in [2.05, 4.69) is 58.8 Å². The summed E-state index contributed by atoms with van der Waals surface area (Å²) < 4.78 is 5.27. The van der Waals surface area contributed by atoms with Gasteiger partial charge < -0.3 is 15.4 Å². The van der Waals surface area contributed by atoms with Crippen molar-refractivity contribution in [1.29, 1.82) is 0 Å². The van der Waals surface area contributed by atoms with E-state index in [4.69, 9.17) is 4.74 Å². The molecule has 27 heavy (non-hydrogen) atoms. The first-order valence-corrected chi connectivity index (χ1v) is 9.12. The highest BCUT2D eigenvalue weighted by Crippen LogP contribution is 2.08. The second-order valence-electron chi connectivity index (χ2n) is 7.48. The molecule has 2 N–H and O–H groups in total. The number of guanidine groups is 1. The van der Waals surface area contributed by atoms with Gasteiger partial charge in [0.2, 0.25) is 0 Å². The molecule has 1 aromatic rings. The predicted molar refractivity (Wildman–Crippen MR) is 123 cm³/mol. The maximum absolute atomic E-state index is 11.7. The molecular formula is C20H35IN4O2. The molecule has 0 aliphatic rings. The fraction of sp³-hybridized carbons (Fsp3) is 0.600. The highest BCUT2D eigenvalue weighted by molar-refractivity contribution is 14.0. The molecule has 0 saturated carbocycles. The Morgan fingerprint density at radius 2 is 1.85 bits per heavy atom. The average molecular weight is 490 g/mol. The van der Waals surface area contributed by atoms with Crippen LogP contribution in [0.2, 0.25) is 0 Å². The maximum Gasteiger partial charge on any atom is 0.325 e. The SMILES string of the molecule is CN=C(NCCC(C)N(C)Cc1ccccc1)NCC(=O)OC(C)(C)C.I. The Labute approximate surface area is 181 Å². The van der Waals surface area contributed by atoms with Crippen LogP contribution in [0.5, 0.6) is 0 Å². The fourth-order valence-corrected chi connectivity index (χ4v) is 2.40. The Morgan fingerprint density at radius 3 is 2.41 bits per heavy atom. The van der Waals surface area contributed by atoms with Crippen molar-refractivity contribution in [3.63, 3.8) is 0 Å². The quantitative estimate of drug-likeness (QED) is 0.254. The van der Waals surface area contributed by atoms with Crippen molar-refractivity contribution in [2.45, 2.75) is 52.3 Å². The molecule has 0 saturated heterocycles. The van der Waals surface area contributed by atoms with E-state index in [0.717, 1.165) is 19.5 Å². The zero-order chi connectivity index (χ0) is 19.6. The standard InChI is InChI=1S/C20H34N4O2.HI/c1-16(24(6)15-17-10-8-7-9-11-17)12-13-22-19(21-5)23-14-18(25)26-20(2,3)4;/h7-11,16H,12-15H2,1-6H3,(H2,21,22,23);1H. The van der Waals surface area contributed by atoms with Crippen LogP contribution in [0.25, 0.3) is 0 Å². The zero-order valence-corrected chi connectivity index (χ0v) is 19.7. The number of aliphatic imine (C=N–C) groups is 1. The molecule has 0 aliphatic heterocycles. The summed E-state index contributed by atoms with van der Waals surface area (Å²) in [5.41, 5.74) is 0.832. The molecule has 1 aromatic carbocycles. The number of nitrogens with zero attached hydrogens (tertiary/aromatic N) is 2. The van der Waals surface area contributed by atoms with Crippen molar-refractivity contribution in [1.82, 2.24) is 15.5 Å². The summed E-state index contributed by atoms with van der Waals surface area (Å²) in [6, 6.07) is 10.9. The second kappa shape index (κ2) is 12.9. The van der Waals surface area contributed by atoms with E-state index >= 15 is 0 Å². The largest absolute Gasteiger partial charge is 0.459 e. The molecule has 154 valence electrons. The first kappa shape index (κ1) is 25.6. The van der Waals surface area contributed by atoms with Gasteiger partial charge in [0.15, 0.2) is 5.96 Å². The molecule has 1 unspecified atom stereocenters. The van der Waals surface area contributed by atoms with E-state index < -0.39 is 5.60 Å². The summed E-state index contributed by atoms with van der Waals surface area (Å²) in [4.78, 5) is 18.2. The third-order valence-corrected chi connectivity index (χ3v) is 3.93. The van der Waals surface area contributed by atoms with E-state index in [-0.39, 0.29) is 36.5 Å². The van der Waals surface area contributed by atoms with Crippen molar-refractivity contribution in [3.05, 3.63) is 35.9 Å². The van der Waals surface area contributed by atoms with E-state index in [1.807, 2.05) is 26.8 Å². The van der Waals surface area contributed by atoms with Crippen molar-refractivity contribution < 1.29 is 9.53 Å². The number of ether oxygens (including phenoxy) is 1. The first-order chi connectivity index (χ1) is 12.2. The van der Waals surface area contributed by atoms with Gasteiger partial charge in [-0.15, -0.1) is 24.0 Å². The molecule has 0 radical (unpaired) electrons. The number of nitrogens with one attached hydrogen (secondary N) is 2. The molecule has 0 heterocycles. The van der Waals surface area contributed by atoms with Crippen LogP contribution in [0.3, 0.4) is 0 Å². The molecule has 0 aliphatic carbocycles. The summed E-state index contributed by atoms with van der Waals surface area (Å²) in [6.45, 7) is 9.56. The molecule has 0 spiro atoms. The number of benzene rings is 1. The van der Waals surface area contributed by atoms with Gasteiger partial charge in [0.25, 0.3) is 0 Å². The normalized spacial score (nSPS) is 12.9. The summed E-state index contributed by atoms with van der Waals surface area (Å²) in [6.07, 6.45) is 0.969. The van der Waals surface area contributed by atoms with Crippen LogP contribution >= 0.6 is 24.0 Å². The van der Waals surface area contributed by atoms with E-state index in [0.29, 0.717) is 12.0 Å². The molecule has 0 aromatic heterocycles. The monoisotopic (exact) mass is 490 g/mol. The number of carbonyl (C=O) groups excluding carboxylic acids is 1. The molecule has 1 atom stereocenters. The summed E-state index contributed by atoms with van der Waals surface area (Å²) in [5.74, 6) is 0.310. The number of halogens is 1. The second-order valence-corrected chi connectivity index (χ2v) is 7.48. The molecule has 7 heteroatoms. The van der Waals surface area contributed by atoms with Crippen LogP contribution in [0, 0.1) is 0 Å². The number of esters is 1. The number of carbonyl (C=O) groups is 1. The van der Waals surface area contributed by atoms with Gasteiger partial charge in [-0.1, -0.05) is 30.3 Å². The average Bonchev–Trinajstić information content (AvgIpc) is 2.57. The minimum atomic E-state index is -0.478. The van der Waals surface area contributed by atoms with Gasteiger partial charge in [0, 0.05) is 26.2 Å². The zero-order valence-electron chi connectivity index (χ0n) is 17.4. The summed E-state index contributed by atoms with van der Waals surface area (Å²) >= 11 is 0. The third kappa shape index (κ3) is 11.9. The summed E-state index contributed by atoms with van der Waals surface area (Å²) in [7, 11) is 3.82. The van der Waals surface area contributed by atoms with Crippen molar-refractivity contribution >= 4 is 35.9 Å². The molecule has 6 nitrogen and oxygen atoms in total. The van der Waals surface area contributed by atoms with Crippen LogP contribution in [0.4, 0.5) is 0 Å². The van der Waals surface area contributed by atoms with E-state index in [9.17, 15) is 4.79 Å². The molecule has 0 bridgehead atoms. The van der Waals surface area contributed by atoms with Gasteiger partial charge in [0.05, 0.1) is 0 Å². The number of hydrogen-bond acceptors (Lipinski definition) is 4. The highest BCUT2D eigenvalue weighted by Gasteiger charge is 2.16. The van der Waals surface area contributed by atoms with Crippen LogP contribution in [-0.4, -0.2) is 55.7 Å². The van der Waals surface area contributed by atoms with Gasteiger partial charge in [-0.2, -0.15) is 0 Å². The molecule has 1 rings (SSSR count). The number of hydrogen-bond donors (Lipinski definition) is 2. The Bertz CT molecular complexity index is 573. The Kier molecular flexibility index (Phi) is 12.3. The van der Waals surface area contributed by atoms with Gasteiger partial charge in [0.1, 0.15) is 12.1 Å². The third-order valence-electron chi connectivity index (χ3n) is 3.93. The lowest BCUT2D eigenvalue weighted by Crippen LogP contribution is -2.43.